The van der Waals surface area contributed by atoms with Gasteiger partial charge in [-0.05, 0) is 23.9 Å². The number of nitrogens with two attached hydrogens (primary N) is 1. The second-order valence-corrected chi connectivity index (χ2v) is 15.7. The minimum atomic E-state index is -4.21. The van der Waals surface area contributed by atoms with Gasteiger partial charge in [-0.15, -0.1) is 0 Å². The van der Waals surface area contributed by atoms with Crippen molar-refractivity contribution in [2.45, 2.75) is 49.1 Å². The molecular formula is C22H25N7O10P2S2. The van der Waals surface area contributed by atoms with Crippen molar-refractivity contribution in [1.29, 1.82) is 0 Å². The minimum absolute atomic E-state index is 0.118. The number of aliphatic hydroxyl groups is 2. The van der Waals surface area contributed by atoms with Gasteiger partial charge in [-0.3, -0.25) is 18.1 Å². The van der Waals surface area contributed by atoms with Crippen molar-refractivity contribution in [2.75, 3.05) is 18.9 Å². The maximum absolute atomic E-state index is 13.4. The van der Waals surface area contributed by atoms with Gasteiger partial charge in [0, 0.05) is 0 Å². The molecule has 230 valence electrons. The molecule has 43 heavy (non-hydrogen) atoms. The van der Waals surface area contributed by atoms with Gasteiger partial charge in [0.2, 0.25) is 0 Å². The molecular weight excluding hydrogens is 648 g/mol. The molecule has 3 aliphatic rings. The lowest BCUT2D eigenvalue weighted by atomic mass is 10.1. The molecule has 3 saturated heterocycles. The number of hydrogen-bond acceptors (Lipinski definition) is 15. The highest BCUT2D eigenvalue weighted by Crippen LogP contribution is 2.58. The number of benzene rings is 1. The normalized spacial score (nSPS) is 38.9. The summed E-state index contributed by atoms with van der Waals surface area (Å²) < 4.78 is 51.0. The van der Waals surface area contributed by atoms with Crippen molar-refractivity contribution in [3.63, 3.8) is 0 Å². The average molecular weight is 674 g/mol. The summed E-state index contributed by atoms with van der Waals surface area (Å²) in [5.74, 6) is 0.118. The van der Waals surface area contributed by atoms with Gasteiger partial charge in [0.1, 0.15) is 48.5 Å². The largest absolute Gasteiger partial charge is 0.386 e. The number of para-hydroxylation sites is 2. The lowest BCUT2D eigenvalue weighted by molar-refractivity contribution is -0.0576. The van der Waals surface area contributed by atoms with Crippen molar-refractivity contribution in [2.24, 2.45) is 0 Å². The first-order valence-electron chi connectivity index (χ1n) is 12.8. The third kappa shape index (κ3) is 5.42. The number of anilines is 1. The van der Waals surface area contributed by atoms with Crippen LogP contribution >= 0.6 is 25.8 Å². The Bertz CT molecular complexity index is 1780. The van der Waals surface area contributed by atoms with E-state index in [0.29, 0.717) is 11.0 Å². The number of hydrogen-bond donors (Lipinski definition) is 5. The first kappa shape index (κ1) is 29.6. The van der Waals surface area contributed by atoms with E-state index in [-0.39, 0.29) is 17.0 Å². The fraction of sp³-hybridized carbons (Fsp3) is 0.455. The topological polar surface area (TPSA) is 221 Å². The van der Waals surface area contributed by atoms with Crippen LogP contribution in [0.2, 0.25) is 0 Å². The molecule has 3 aromatic heterocycles. The predicted octanol–water partition coefficient (Wildman–Crippen LogP) is 1.05. The Morgan fingerprint density at radius 3 is 2.35 bits per heavy atom. The van der Waals surface area contributed by atoms with E-state index in [2.05, 4.69) is 32.2 Å². The maximum atomic E-state index is 13.4. The quantitative estimate of drug-likeness (QED) is 0.148. The Kier molecular flexibility index (Phi) is 7.62. The molecule has 0 spiro atoms. The zero-order valence-corrected chi connectivity index (χ0v) is 25.3. The number of imidazole rings is 2. The van der Waals surface area contributed by atoms with E-state index in [1.165, 1.54) is 23.5 Å². The molecule has 0 bridgehead atoms. The van der Waals surface area contributed by atoms with Crippen molar-refractivity contribution in [3.05, 3.63) is 43.2 Å². The van der Waals surface area contributed by atoms with Crippen LogP contribution in [0.1, 0.15) is 12.5 Å². The first-order valence-corrected chi connectivity index (χ1v) is 18.1. The fourth-order valence-electron chi connectivity index (χ4n) is 5.37. The smallest absolute Gasteiger partial charge is 0.386 e. The van der Waals surface area contributed by atoms with Crippen molar-refractivity contribution in [1.82, 2.24) is 29.1 Å². The summed E-state index contributed by atoms with van der Waals surface area (Å²) in [6.07, 6.45) is -5.83. The standard InChI is InChI=1S/C22H25N7O10P2S2/c23-19-14-20(25-7-24-19)29(9-27-14)22-16(31)18-13(37-22)6-35-40(32,42)38-17-12(5-34-41(33,43)39-18)36-21(15(17)30)28-8-26-10-3-1-2-4-11(10)28/h1-4,7-9,12-13,15-18,21-22,30-31H,5-6H2,(H,32,42)(H,33,43)(H2,23,24,25)/t12-,13-,15?,16+,17+,18?,21-,22-,40?,41?/m1/s1. The van der Waals surface area contributed by atoms with Crippen LogP contribution < -0.4 is 5.73 Å². The molecule has 1 aromatic carbocycles. The lowest BCUT2D eigenvalue weighted by Crippen LogP contribution is -2.38. The molecule has 4 unspecified atom stereocenters. The number of rotatable bonds is 2. The van der Waals surface area contributed by atoms with Gasteiger partial charge >= 0.3 is 13.5 Å². The van der Waals surface area contributed by atoms with Gasteiger partial charge in [0.15, 0.2) is 23.9 Å². The number of aromatic nitrogens is 6. The van der Waals surface area contributed by atoms with Crippen LogP contribution in [0.5, 0.6) is 0 Å². The third-order valence-corrected chi connectivity index (χ3v) is 10.5. The summed E-state index contributed by atoms with van der Waals surface area (Å²) in [6.45, 7) is -9.21. The number of fused-ring (bicyclic) bond motifs is 4. The molecule has 0 aliphatic carbocycles. The number of ether oxygens (including phenoxy) is 2. The highest BCUT2D eigenvalue weighted by molar-refractivity contribution is 8.44. The van der Waals surface area contributed by atoms with E-state index in [0.717, 1.165) is 0 Å². The zero-order valence-electron chi connectivity index (χ0n) is 21.8. The molecule has 7 rings (SSSR count). The molecule has 3 fully saturated rings. The lowest BCUT2D eigenvalue weighted by Gasteiger charge is -2.29. The minimum Gasteiger partial charge on any atom is -0.386 e. The van der Waals surface area contributed by atoms with Crippen molar-refractivity contribution < 1.29 is 47.2 Å². The second kappa shape index (κ2) is 11.1. The highest BCUT2D eigenvalue weighted by atomic mass is 32.7. The van der Waals surface area contributed by atoms with Gasteiger partial charge in [0.05, 0.1) is 36.9 Å². The average Bonchev–Trinajstić information content (AvgIpc) is 3.72. The molecule has 17 nitrogen and oxygen atoms in total. The molecule has 4 aromatic rings. The van der Waals surface area contributed by atoms with Gasteiger partial charge in [0.25, 0.3) is 0 Å². The van der Waals surface area contributed by atoms with Crippen LogP contribution in [0.3, 0.4) is 0 Å². The fourth-order valence-corrected chi connectivity index (χ4v) is 8.30. The van der Waals surface area contributed by atoms with Gasteiger partial charge in [-0.2, -0.15) is 0 Å². The first-order chi connectivity index (χ1) is 20.5. The van der Waals surface area contributed by atoms with Crippen LogP contribution in [0.4, 0.5) is 5.82 Å². The summed E-state index contributed by atoms with van der Waals surface area (Å²) in [4.78, 5) is 27.6. The summed E-state index contributed by atoms with van der Waals surface area (Å²) in [6, 6.07) is 7.21. The number of aliphatic hydroxyl groups excluding tert-OH is 2. The van der Waals surface area contributed by atoms with E-state index >= 15 is 0 Å². The van der Waals surface area contributed by atoms with Gasteiger partial charge < -0.3 is 39.4 Å². The molecule has 0 amide bonds. The number of thiol groups is 1. The van der Waals surface area contributed by atoms with E-state index in [4.69, 9.17) is 45.1 Å². The van der Waals surface area contributed by atoms with Crippen LogP contribution in [0.25, 0.3) is 22.2 Å². The Morgan fingerprint density at radius 2 is 1.58 bits per heavy atom. The van der Waals surface area contributed by atoms with Crippen LogP contribution in [0.15, 0.2) is 43.2 Å². The second-order valence-electron chi connectivity index (χ2n) is 10.0. The molecule has 21 heteroatoms. The molecule has 0 radical (unpaired) electrons. The number of nitrogen functional groups attached to an aromatic ring is 1. The van der Waals surface area contributed by atoms with Gasteiger partial charge in [-0.1, -0.05) is 24.4 Å². The maximum Gasteiger partial charge on any atom is 0.386 e. The van der Waals surface area contributed by atoms with E-state index in [9.17, 15) is 19.7 Å². The molecule has 0 saturated carbocycles. The summed E-state index contributed by atoms with van der Waals surface area (Å²) in [5, 5.41) is 22.5. The van der Waals surface area contributed by atoms with E-state index < -0.39 is 75.8 Å². The molecule has 3 aliphatic heterocycles. The molecule has 5 N–H and O–H groups in total. The molecule has 10 atom stereocenters. The predicted molar refractivity (Wildman–Crippen MR) is 154 cm³/mol. The van der Waals surface area contributed by atoms with Crippen molar-refractivity contribution >= 4 is 65.6 Å². The zero-order chi connectivity index (χ0) is 30.1. The van der Waals surface area contributed by atoms with E-state index in [1.54, 1.807) is 22.8 Å². The van der Waals surface area contributed by atoms with Crippen LogP contribution in [-0.4, -0.2) is 94.0 Å². The van der Waals surface area contributed by atoms with Gasteiger partial charge in [-0.25, -0.2) is 24.5 Å². The Hall–Kier alpha value is -2.09. The summed E-state index contributed by atoms with van der Waals surface area (Å²) >= 11 is 9.37. The highest BCUT2D eigenvalue weighted by Gasteiger charge is 2.52. The van der Waals surface area contributed by atoms with Crippen LogP contribution in [-0.2, 0) is 43.9 Å². The summed E-state index contributed by atoms with van der Waals surface area (Å²) in [5.41, 5.74) is 7.74. The SMILES string of the molecule is Nc1ncnc2c1ncn2[C@@H]1O[C@@H]2COP(O)(=S)O[C@@H]3C(O)[C@H](n4cnc5ccccc54)O[C@@H]3COP(=O)(S)OC2[C@@H]1O. The molecule has 6 heterocycles. The Morgan fingerprint density at radius 1 is 0.930 bits per heavy atom. The third-order valence-electron chi connectivity index (χ3n) is 7.35. The monoisotopic (exact) mass is 673 g/mol. The Balaban J connectivity index is 1.16. The van der Waals surface area contributed by atoms with Crippen molar-refractivity contribution in [3.8, 4) is 0 Å². The Labute approximate surface area is 252 Å². The summed E-state index contributed by atoms with van der Waals surface area (Å²) in [7, 11) is 0. The number of nitrogens with zero attached hydrogens (tertiary/aromatic N) is 6. The van der Waals surface area contributed by atoms with Crippen LogP contribution in [0, 0.1) is 0 Å². The van der Waals surface area contributed by atoms with E-state index in [1.807, 2.05) is 6.07 Å².